The topological polar surface area (TPSA) is 66.7 Å². The van der Waals surface area contributed by atoms with E-state index in [9.17, 15) is 9.59 Å². The average molecular weight is 313 g/mol. The van der Waals surface area contributed by atoms with Crippen LogP contribution < -0.4 is 4.90 Å². The van der Waals surface area contributed by atoms with E-state index in [4.69, 9.17) is 4.52 Å². The van der Waals surface area contributed by atoms with Crippen LogP contribution in [0.3, 0.4) is 0 Å². The molecule has 0 aliphatic carbocycles. The van der Waals surface area contributed by atoms with E-state index in [-0.39, 0.29) is 11.7 Å². The van der Waals surface area contributed by atoms with Crippen LogP contribution in [0.4, 0.5) is 5.69 Å². The Morgan fingerprint density at radius 3 is 2.26 bits per heavy atom. The predicted octanol–water partition coefficient (Wildman–Crippen LogP) is 2.15. The number of amides is 1. The molecule has 0 saturated carbocycles. The van der Waals surface area contributed by atoms with Crippen molar-refractivity contribution < 1.29 is 14.1 Å². The zero-order valence-electron chi connectivity index (χ0n) is 13.3. The third-order valence-electron chi connectivity index (χ3n) is 4.04. The Morgan fingerprint density at radius 1 is 1.09 bits per heavy atom. The maximum Gasteiger partial charge on any atom is 0.292 e. The molecule has 1 fully saturated rings. The minimum atomic E-state index is -0.114. The van der Waals surface area contributed by atoms with Crippen molar-refractivity contribution in [1.29, 1.82) is 0 Å². The fraction of sp³-hybridized carbons (Fsp3) is 0.353. The van der Waals surface area contributed by atoms with Gasteiger partial charge in [0, 0.05) is 43.5 Å². The lowest BCUT2D eigenvalue weighted by atomic mass is 10.1. The summed E-state index contributed by atoms with van der Waals surface area (Å²) >= 11 is 0. The van der Waals surface area contributed by atoms with Crippen LogP contribution >= 0.6 is 0 Å². The highest BCUT2D eigenvalue weighted by molar-refractivity contribution is 5.94. The first-order chi connectivity index (χ1) is 11.0. The standard InChI is InChI=1S/C17H19N3O3/c1-12-11-16(23-18-12)17(22)20-9-7-19(8-10-20)15-5-3-14(4-6-15)13(2)21/h3-6,11H,7-10H2,1-2H3. The van der Waals surface area contributed by atoms with Gasteiger partial charge in [0.15, 0.2) is 5.78 Å². The lowest BCUT2D eigenvalue weighted by molar-refractivity contribution is 0.0704. The van der Waals surface area contributed by atoms with Crippen LogP contribution in [0.2, 0.25) is 0 Å². The van der Waals surface area contributed by atoms with Crippen molar-refractivity contribution in [3.8, 4) is 0 Å². The molecular weight excluding hydrogens is 294 g/mol. The number of carbonyl (C=O) groups is 2. The predicted molar refractivity (Wildman–Crippen MR) is 85.8 cm³/mol. The number of carbonyl (C=O) groups excluding carboxylic acids is 2. The minimum absolute atomic E-state index is 0.0642. The Kier molecular flexibility index (Phi) is 4.14. The molecule has 23 heavy (non-hydrogen) atoms. The van der Waals surface area contributed by atoms with Crippen molar-refractivity contribution in [3.05, 3.63) is 47.3 Å². The molecule has 3 rings (SSSR count). The van der Waals surface area contributed by atoms with Crippen molar-refractivity contribution in [2.75, 3.05) is 31.1 Å². The first kappa shape index (κ1) is 15.3. The van der Waals surface area contributed by atoms with Crippen molar-refractivity contribution in [3.63, 3.8) is 0 Å². The number of aryl methyl sites for hydroxylation is 1. The number of Topliss-reactive ketones (excluding diaryl/α,β-unsaturated/α-hetero) is 1. The summed E-state index contributed by atoms with van der Waals surface area (Å²) in [5, 5.41) is 3.76. The quantitative estimate of drug-likeness (QED) is 0.812. The lowest BCUT2D eigenvalue weighted by Crippen LogP contribution is -2.48. The van der Waals surface area contributed by atoms with Crippen molar-refractivity contribution in [2.45, 2.75) is 13.8 Å². The smallest absolute Gasteiger partial charge is 0.292 e. The van der Waals surface area contributed by atoms with Crippen LogP contribution in [0.25, 0.3) is 0 Å². The summed E-state index contributed by atoms with van der Waals surface area (Å²) in [6.45, 7) is 6.12. The number of anilines is 1. The number of hydrogen-bond acceptors (Lipinski definition) is 5. The number of aromatic nitrogens is 1. The van der Waals surface area contributed by atoms with Gasteiger partial charge < -0.3 is 14.3 Å². The average Bonchev–Trinajstić information content (AvgIpc) is 3.01. The third kappa shape index (κ3) is 3.26. The van der Waals surface area contributed by atoms with E-state index in [0.717, 1.165) is 18.8 Å². The van der Waals surface area contributed by atoms with E-state index in [2.05, 4.69) is 10.1 Å². The zero-order chi connectivity index (χ0) is 16.4. The van der Waals surface area contributed by atoms with Gasteiger partial charge in [-0.25, -0.2) is 0 Å². The van der Waals surface area contributed by atoms with Gasteiger partial charge in [-0.05, 0) is 38.1 Å². The molecule has 1 aliphatic heterocycles. The van der Waals surface area contributed by atoms with Gasteiger partial charge in [0.1, 0.15) is 0 Å². The second kappa shape index (κ2) is 6.24. The molecule has 1 aromatic heterocycles. The number of hydrogen-bond donors (Lipinski definition) is 0. The summed E-state index contributed by atoms with van der Waals surface area (Å²) in [4.78, 5) is 27.6. The maximum atomic E-state index is 12.3. The summed E-state index contributed by atoms with van der Waals surface area (Å²) in [5.41, 5.74) is 2.48. The molecule has 0 atom stereocenters. The fourth-order valence-corrected chi connectivity index (χ4v) is 2.69. The Balaban J connectivity index is 1.61. The molecule has 0 spiro atoms. The number of rotatable bonds is 3. The fourth-order valence-electron chi connectivity index (χ4n) is 2.69. The van der Waals surface area contributed by atoms with Crippen LogP contribution in [0.5, 0.6) is 0 Å². The molecule has 0 N–H and O–H groups in total. The molecule has 6 heteroatoms. The second-order valence-electron chi connectivity index (χ2n) is 5.71. The highest BCUT2D eigenvalue weighted by Gasteiger charge is 2.24. The maximum absolute atomic E-state index is 12.3. The molecule has 1 amide bonds. The van der Waals surface area contributed by atoms with Gasteiger partial charge >= 0.3 is 0 Å². The summed E-state index contributed by atoms with van der Waals surface area (Å²) in [5.74, 6) is 0.244. The Hall–Kier alpha value is -2.63. The SMILES string of the molecule is CC(=O)c1ccc(N2CCN(C(=O)c3cc(C)no3)CC2)cc1. The summed E-state index contributed by atoms with van der Waals surface area (Å²) in [7, 11) is 0. The number of nitrogens with zero attached hydrogens (tertiary/aromatic N) is 3. The molecule has 2 heterocycles. The van der Waals surface area contributed by atoms with E-state index < -0.39 is 0 Å². The minimum Gasteiger partial charge on any atom is -0.368 e. The van der Waals surface area contributed by atoms with Crippen molar-refractivity contribution >= 4 is 17.4 Å². The van der Waals surface area contributed by atoms with Crippen LogP contribution in [0.15, 0.2) is 34.9 Å². The molecular formula is C17H19N3O3. The summed E-state index contributed by atoms with van der Waals surface area (Å²) in [6.07, 6.45) is 0. The number of benzene rings is 1. The third-order valence-corrected chi connectivity index (χ3v) is 4.04. The Labute approximate surface area is 134 Å². The highest BCUT2D eigenvalue weighted by atomic mass is 16.5. The first-order valence-corrected chi connectivity index (χ1v) is 7.63. The van der Waals surface area contributed by atoms with Crippen molar-refractivity contribution in [2.24, 2.45) is 0 Å². The van der Waals surface area contributed by atoms with Crippen LogP contribution in [-0.2, 0) is 0 Å². The van der Waals surface area contributed by atoms with Gasteiger partial charge in [-0.15, -0.1) is 0 Å². The van der Waals surface area contributed by atoms with Crippen LogP contribution in [0.1, 0.15) is 33.5 Å². The lowest BCUT2D eigenvalue weighted by Gasteiger charge is -2.35. The van der Waals surface area contributed by atoms with E-state index >= 15 is 0 Å². The van der Waals surface area contributed by atoms with E-state index in [1.165, 1.54) is 0 Å². The van der Waals surface area contributed by atoms with Gasteiger partial charge in [-0.1, -0.05) is 5.16 Å². The molecule has 0 unspecified atom stereocenters. The number of ketones is 1. The summed E-state index contributed by atoms with van der Waals surface area (Å²) < 4.78 is 5.04. The Morgan fingerprint density at radius 2 is 1.74 bits per heavy atom. The Bertz CT molecular complexity index is 713. The molecule has 6 nitrogen and oxygen atoms in total. The highest BCUT2D eigenvalue weighted by Crippen LogP contribution is 2.18. The molecule has 0 bridgehead atoms. The van der Waals surface area contributed by atoms with Crippen LogP contribution in [0, 0.1) is 6.92 Å². The zero-order valence-corrected chi connectivity index (χ0v) is 13.3. The number of piperazine rings is 1. The van der Waals surface area contributed by atoms with Crippen LogP contribution in [-0.4, -0.2) is 47.9 Å². The normalized spacial score (nSPS) is 14.9. The largest absolute Gasteiger partial charge is 0.368 e. The van der Waals surface area contributed by atoms with Gasteiger partial charge in [-0.3, -0.25) is 9.59 Å². The second-order valence-corrected chi connectivity index (χ2v) is 5.71. The molecule has 1 aromatic carbocycles. The van der Waals surface area contributed by atoms with E-state index in [1.54, 1.807) is 24.8 Å². The van der Waals surface area contributed by atoms with Crippen molar-refractivity contribution in [1.82, 2.24) is 10.1 Å². The van der Waals surface area contributed by atoms with Gasteiger partial charge in [0.25, 0.3) is 5.91 Å². The van der Waals surface area contributed by atoms with Gasteiger partial charge in [0.05, 0.1) is 5.69 Å². The molecule has 0 radical (unpaired) electrons. The van der Waals surface area contributed by atoms with E-state index in [1.807, 2.05) is 24.3 Å². The van der Waals surface area contributed by atoms with Gasteiger partial charge in [0.2, 0.25) is 5.76 Å². The molecule has 1 aliphatic rings. The molecule has 2 aromatic rings. The van der Waals surface area contributed by atoms with Gasteiger partial charge in [-0.2, -0.15) is 0 Å². The molecule has 120 valence electrons. The first-order valence-electron chi connectivity index (χ1n) is 7.63. The summed E-state index contributed by atoms with van der Waals surface area (Å²) in [6, 6.07) is 9.25. The monoisotopic (exact) mass is 313 g/mol. The van der Waals surface area contributed by atoms with E-state index in [0.29, 0.717) is 30.1 Å². The molecule has 1 saturated heterocycles.